The van der Waals surface area contributed by atoms with Gasteiger partial charge in [-0.3, -0.25) is 0 Å². The maximum atomic E-state index is 10.0. The van der Waals surface area contributed by atoms with Gasteiger partial charge in [-0.05, 0) is 68.0 Å². The monoisotopic (exact) mass is 300 g/mol. The smallest absolute Gasteiger partial charge is 0.121 e. The highest BCUT2D eigenvalue weighted by atomic mass is 16.3. The van der Waals surface area contributed by atoms with Gasteiger partial charge in [-0.15, -0.1) is 0 Å². The Morgan fingerprint density at radius 3 is 1.95 bits per heavy atom. The zero-order valence-corrected chi connectivity index (χ0v) is 14.8. The van der Waals surface area contributed by atoms with E-state index in [-0.39, 0.29) is 5.41 Å². The van der Waals surface area contributed by atoms with E-state index in [1.807, 2.05) is 52.8 Å². The predicted octanol–water partition coefficient (Wildman–Crippen LogP) is 5.64. The molecule has 1 rings (SSSR count). The Balaban J connectivity index is 3.27. The van der Waals surface area contributed by atoms with Crippen molar-refractivity contribution in [2.45, 2.75) is 53.9 Å². The molecular formula is C20H28O2. The van der Waals surface area contributed by atoms with Crippen molar-refractivity contribution >= 4 is 0 Å². The SMILES string of the molecule is C=C(/C=C(/C)C(O)=C(C)C)C(C)(C)c1cc(C)c(O)c(C)c1. The van der Waals surface area contributed by atoms with Gasteiger partial charge in [0, 0.05) is 5.41 Å². The first-order chi connectivity index (χ1) is 9.98. The third-order valence-corrected chi connectivity index (χ3v) is 4.25. The van der Waals surface area contributed by atoms with Crippen LogP contribution in [0.2, 0.25) is 0 Å². The predicted molar refractivity (Wildman–Crippen MR) is 94.5 cm³/mol. The Morgan fingerprint density at radius 2 is 1.55 bits per heavy atom. The minimum atomic E-state index is -0.285. The van der Waals surface area contributed by atoms with Crippen LogP contribution in [0.15, 0.2) is 47.3 Å². The number of allylic oxidation sites excluding steroid dienone is 4. The molecule has 0 bridgehead atoms. The van der Waals surface area contributed by atoms with E-state index < -0.39 is 0 Å². The van der Waals surface area contributed by atoms with Gasteiger partial charge in [-0.2, -0.15) is 0 Å². The normalized spacial score (nSPS) is 12.2. The number of rotatable bonds is 4. The Hall–Kier alpha value is -1.96. The molecule has 1 aromatic carbocycles. The van der Waals surface area contributed by atoms with Crippen LogP contribution in [0.5, 0.6) is 5.75 Å². The largest absolute Gasteiger partial charge is 0.508 e. The molecule has 2 N–H and O–H groups in total. The van der Waals surface area contributed by atoms with Crippen LogP contribution in [0.3, 0.4) is 0 Å². The van der Waals surface area contributed by atoms with Gasteiger partial charge in [0.05, 0.1) is 0 Å². The van der Waals surface area contributed by atoms with Crippen molar-refractivity contribution in [3.63, 3.8) is 0 Å². The number of hydrogen-bond donors (Lipinski definition) is 2. The lowest BCUT2D eigenvalue weighted by Crippen LogP contribution is -2.19. The highest BCUT2D eigenvalue weighted by Crippen LogP contribution is 2.36. The van der Waals surface area contributed by atoms with Crippen molar-refractivity contribution in [3.05, 3.63) is 64.0 Å². The van der Waals surface area contributed by atoms with Gasteiger partial charge in [0.15, 0.2) is 0 Å². The average Bonchev–Trinajstić information content (AvgIpc) is 2.42. The van der Waals surface area contributed by atoms with E-state index in [0.717, 1.165) is 33.4 Å². The molecule has 0 atom stereocenters. The van der Waals surface area contributed by atoms with Crippen LogP contribution >= 0.6 is 0 Å². The number of benzene rings is 1. The molecule has 2 nitrogen and oxygen atoms in total. The number of hydrogen-bond acceptors (Lipinski definition) is 2. The van der Waals surface area contributed by atoms with E-state index >= 15 is 0 Å². The molecule has 0 radical (unpaired) electrons. The molecule has 0 aliphatic heterocycles. The fourth-order valence-electron chi connectivity index (χ4n) is 2.41. The van der Waals surface area contributed by atoms with Crippen LogP contribution < -0.4 is 0 Å². The molecule has 0 aromatic heterocycles. The van der Waals surface area contributed by atoms with Crippen LogP contribution in [0, 0.1) is 13.8 Å². The number of phenols is 1. The molecular weight excluding hydrogens is 272 g/mol. The molecule has 0 heterocycles. The van der Waals surface area contributed by atoms with Crippen LogP contribution in [0.4, 0.5) is 0 Å². The average molecular weight is 300 g/mol. The Labute approximate surface area is 134 Å². The molecule has 0 saturated carbocycles. The fourth-order valence-corrected chi connectivity index (χ4v) is 2.41. The van der Waals surface area contributed by atoms with Crippen molar-refractivity contribution in [2.75, 3.05) is 0 Å². The summed E-state index contributed by atoms with van der Waals surface area (Å²) in [5.74, 6) is 0.661. The lowest BCUT2D eigenvalue weighted by atomic mass is 9.76. The fraction of sp³-hybridized carbons (Fsp3) is 0.400. The maximum Gasteiger partial charge on any atom is 0.121 e. The summed E-state index contributed by atoms with van der Waals surface area (Å²) in [7, 11) is 0. The molecule has 0 fully saturated rings. The van der Waals surface area contributed by atoms with Crippen LogP contribution in [-0.4, -0.2) is 10.2 Å². The van der Waals surface area contributed by atoms with Gasteiger partial charge in [0.1, 0.15) is 11.5 Å². The van der Waals surface area contributed by atoms with Crippen LogP contribution in [-0.2, 0) is 5.41 Å². The van der Waals surface area contributed by atoms with E-state index in [9.17, 15) is 10.2 Å². The molecule has 0 saturated heterocycles. The molecule has 0 amide bonds. The van der Waals surface area contributed by atoms with Crippen molar-refractivity contribution < 1.29 is 10.2 Å². The number of phenolic OH excluding ortho intramolecular Hbond substituents is 1. The number of aromatic hydroxyl groups is 1. The Morgan fingerprint density at radius 1 is 1.09 bits per heavy atom. The summed E-state index contributed by atoms with van der Waals surface area (Å²) in [6.07, 6.45) is 1.93. The molecule has 120 valence electrons. The Kier molecular flexibility index (Phi) is 5.29. The van der Waals surface area contributed by atoms with E-state index in [1.165, 1.54) is 0 Å². The highest BCUT2D eigenvalue weighted by Gasteiger charge is 2.24. The molecule has 0 aliphatic rings. The zero-order valence-electron chi connectivity index (χ0n) is 14.8. The van der Waals surface area contributed by atoms with Crippen LogP contribution in [0.1, 0.15) is 51.3 Å². The lowest BCUT2D eigenvalue weighted by molar-refractivity contribution is 0.416. The molecule has 0 unspecified atom stereocenters. The topological polar surface area (TPSA) is 40.5 Å². The van der Waals surface area contributed by atoms with Crippen molar-refractivity contribution in [2.24, 2.45) is 0 Å². The summed E-state index contributed by atoms with van der Waals surface area (Å²) in [6, 6.07) is 3.99. The second kappa shape index (κ2) is 6.43. The lowest BCUT2D eigenvalue weighted by Gasteiger charge is -2.28. The summed E-state index contributed by atoms with van der Waals surface area (Å²) in [6.45, 7) is 17.9. The maximum absolute atomic E-state index is 10.0. The second-order valence-electron chi connectivity index (χ2n) is 6.78. The number of aliphatic hydroxyl groups excluding tert-OH is 1. The molecule has 2 heteroatoms. The van der Waals surface area contributed by atoms with Gasteiger partial charge in [0.2, 0.25) is 0 Å². The van der Waals surface area contributed by atoms with Gasteiger partial charge in [0.25, 0.3) is 0 Å². The summed E-state index contributed by atoms with van der Waals surface area (Å²) in [5, 5.41) is 20.0. The van der Waals surface area contributed by atoms with Gasteiger partial charge in [-0.1, -0.05) is 38.6 Å². The zero-order chi connectivity index (χ0) is 17.2. The molecule has 22 heavy (non-hydrogen) atoms. The molecule has 0 aliphatic carbocycles. The summed E-state index contributed by atoms with van der Waals surface area (Å²) >= 11 is 0. The standard InChI is InChI=1S/C20H28O2/c1-12(2)18(21)13(3)9-16(6)20(7,8)17-10-14(4)19(22)15(5)11-17/h9-11,21-22H,6H2,1-5,7-8H3/b13-9-. The van der Waals surface area contributed by atoms with Crippen molar-refractivity contribution in [1.29, 1.82) is 0 Å². The third-order valence-electron chi connectivity index (χ3n) is 4.25. The van der Waals surface area contributed by atoms with E-state index in [1.54, 1.807) is 0 Å². The quantitative estimate of drug-likeness (QED) is 0.558. The van der Waals surface area contributed by atoms with E-state index in [4.69, 9.17) is 0 Å². The van der Waals surface area contributed by atoms with Gasteiger partial charge >= 0.3 is 0 Å². The van der Waals surface area contributed by atoms with Crippen molar-refractivity contribution in [1.82, 2.24) is 0 Å². The molecule has 1 aromatic rings. The minimum Gasteiger partial charge on any atom is -0.508 e. The minimum absolute atomic E-state index is 0.285. The summed E-state index contributed by atoms with van der Waals surface area (Å²) in [4.78, 5) is 0. The van der Waals surface area contributed by atoms with E-state index in [2.05, 4.69) is 20.4 Å². The third kappa shape index (κ3) is 3.62. The number of aryl methyl sites for hydroxylation is 2. The first-order valence-corrected chi connectivity index (χ1v) is 7.53. The Bertz CT molecular complexity index is 631. The summed E-state index contributed by atoms with van der Waals surface area (Å²) in [5.41, 5.74) is 5.16. The van der Waals surface area contributed by atoms with Crippen molar-refractivity contribution in [3.8, 4) is 5.75 Å². The molecule has 0 spiro atoms. The highest BCUT2D eigenvalue weighted by molar-refractivity contribution is 5.49. The second-order valence-corrected chi connectivity index (χ2v) is 6.78. The van der Waals surface area contributed by atoms with Gasteiger partial charge in [-0.25, -0.2) is 0 Å². The number of aliphatic hydroxyl groups is 1. The van der Waals surface area contributed by atoms with Gasteiger partial charge < -0.3 is 10.2 Å². The summed E-state index contributed by atoms with van der Waals surface area (Å²) < 4.78 is 0. The first-order valence-electron chi connectivity index (χ1n) is 7.53. The first kappa shape index (κ1) is 18.1. The van der Waals surface area contributed by atoms with Crippen LogP contribution in [0.25, 0.3) is 0 Å². The van der Waals surface area contributed by atoms with E-state index in [0.29, 0.717) is 11.5 Å².